The van der Waals surface area contributed by atoms with Gasteiger partial charge in [0.25, 0.3) is 0 Å². The Balaban J connectivity index is 1.43. The molecule has 1 nitrogen and oxygen atoms in total. The summed E-state index contributed by atoms with van der Waals surface area (Å²) in [5, 5.41) is 0. The molecule has 5 fully saturated rings. The first kappa shape index (κ1) is 10.8. The lowest BCUT2D eigenvalue weighted by Gasteiger charge is -2.55. The zero-order valence-corrected chi connectivity index (χ0v) is 11.0. The Morgan fingerprint density at radius 3 is 1.94 bits per heavy atom. The normalized spacial score (nSPS) is 50.3. The first-order valence-electron chi connectivity index (χ1n) is 8.05. The van der Waals surface area contributed by atoms with Crippen LogP contribution in [-0.2, 0) is 0 Å². The predicted octanol–water partition coefficient (Wildman–Crippen LogP) is 3.58. The summed E-state index contributed by atoms with van der Waals surface area (Å²) in [6.07, 6.45) is 13.5. The van der Waals surface area contributed by atoms with Gasteiger partial charge in [0.15, 0.2) is 0 Å². The SMILES string of the molecule is NC(CC1C2CC3CC(C2)CC1C3)C1CCC1. The smallest absolute Gasteiger partial charge is 0.00700 e. The fourth-order valence-electron chi connectivity index (χ4n) is 5.80. The predicted molar refractivity (Wildman–Crippen MR) is 70.5 cm³/mol. The minimum Gasteiger partial charge on any atom is -0.327 e. The van der Waals surface area contributed by atoms with E-state index < -0.39 is 0 Å². The highest BCUT2D eigenvalue weighted by Gasteiger charge is 2.48. The van der Waals surface area contributed by atoms with Crippen LogP contribution in [0.2, 0.25) is 0 Å². The van der Waals surface area contributed by atoms with Gasteiger partial charge in [-0.1, -0.05) is 6.42 Å². The molecule has 0 aromatic rings. The van der Waals surface area contributed by atoms with Crippen molar-refractivity contribution in [1.82, 2.24) is 0 Å². The molecule has 0 aromatic heterocycles. The molecule has 0 radical (unpaired) electrons. The van der Waals surface area contributed by atoms with Crippen molar-refractivity contribution in [3.05, 3.63) is 0 Å². The van der Waals surface area contributed by atoms with Crippen LogP contribution < -0.4 is 5.73 Å². The van der Waals surface area contributed by atoms with Crippen LogP contribution in [-0.4, -0.2) is 6.04 Å². The Morgan fingerprint density at radius 2 is 1.47 bits per heavy atom. The van der Waals surface area contributed by atoms with E-state index in [2.05, 4.69) is 0 Å². The van der Waals surface area contributed by atoms with Gasteiger partial charge in [-0.15, -0.1) is 0 Å². The topological polar surface area (TPSA) is 26.0 Å². The molecule has 1 heteroatoms. The summed E-state index contributed by atoms with van der Waals surface area (Å²) in [6.45, 7) is 0. The number of hydrogen-bond acceptors (Lipinski definition) is 1. The van der Waals surface area contributed by atoms with E-state index in [9.17, 15) is 0 Å². The fraction of sp³-hybridized carbons (Fsp3) is 1.00. The van der Waals surface area contributed by atoms with Crippen LogP contribution >= 0.6 is 0 Å². The third kappa shape index (κ3) is 1.77. The summed E-state index contributed by atoms with van der Waals surface area (Å²) in [5.41, 5.74) is 6.46. The molecule has 5 saturated carbocycles. The first-order valence-corrected chi connectivity index (χ1v) is 8.05. The molecule has 0 aromatic carbocycles. The average molecular weight is 233 g/mol. The van der Waals surface area contributed by atoms with Gasteiger partial charge in [0, 0.05) is 6.04 Å². The zero-order valence-electron chi connectivity index (χ0n) is 11.0. The average Bonchev–Trinajstić information content (AvgIpc) is 2.19. The van der Waals surface area contributed by atoms with Crippen molar-refractivity contribution in [1.29, 1.82) is 0 Å². The highest BCUT2D eigenvalue weighted by atomic mass is 14.7. The van der Waals surface area contributed by atoms with Crippen LogP contribution in [0.1, 0.15) is 57.8 Å². The molecule has 5 aliphatic rings. The molecule has 0 saturated heterocycles. The summed E-state index contributed by atoms with van der Waals surface area (Å²) in [4.78, 5) is 0. The summed E-state index contributed by atoms with van der Waals surface area (Å²) < 4.78 is 0. The van der Waals surface area contributed by atoms with E-state index in [1.807, 2.05) is 0 Å². The Morgan fingerprint density at radius 1 is 0.882 bits per heavy atom. The standard InChI is InChI=1S/C16H27N/c17-16(12-2-1-3-12)9-15-13-5-10-4-11(7-13)8-14(15)6-10/h10-16H,1-9,17H2. The Hall–Kier alpha value is -0.0400. The first-order chi connectivity index (χ1) is 8.29. The van der Waals surface area contributed by atoms with E-state index in [-0.39, 0.29) is 0 Å². The molecular weight excluding hydrogens is 206 g/mol. The molecule has 96 valence electrons. The largest absolute Gasteiger partial charge is 0.327 e. The third-order valence-electron chi connectivity index (χ3n) is 6.72. The molecular formula is C16H27N. The van der Waals surface area contributed by atoms with Gasteiger partial charge in [0.05, 0.1) is 0 Å². The van der Waals surface area contributed by atoms with Crippen LogP contribution in [0.5, 0.6) is 0 Å². The van der Waals surface area contributed by atoms with Gasteiger partial charge in [-0.2, -0.15) is 0 Å². The second kappa shape index (κ2) is 3.98. The molecule has 5 aliphatic carbocycles. The summed E-state index contributed by atoms with van der Waals surface area (Å²) in [5.74, 6) is 6.32. The van der Waals surface area contributed by atoms with E-state index in [0.29, 0.717) is 6.04 Å². The molecule has 5 rings (SSSR count). The third-order valence-corrected chi connectivity index (χ3v) is 6.72. The van der Waals surface area contributed by atoms with Gasteiger partial charge >= 0.3 is 0 Å². The van der Waals surface area contributed by atoms with Gasteiger partial charge in [-0.3, -0.25) is 0 Å². The number of hydrogen-bond donors (Lipinski definition) is 1. The lowest BCUT2D eigenvalue weighted by molar-refractivity contribution is -0.0453. The van der Waals surface area contributed by atoms with Gasteiger partial charge in [0.1, 0.15) is 0 Å². The van der Waals surface area contributed by atoms with Gasteiger partial charge in [0.2, 0.25) is 0 Å². The molecule has 0 aliphatic heterocycles. The van der Waals surface area contributed by atoms with E-state index >= 15 is 0 Å². The van der Waals surface area contributed by atoms with Crippen molar-refractivity contribution < 1.29 is 0 Å². The van der Waals surface area contributed by atoms with Crippen LogP contribution in [0.25, 0.3) is 0 Å². The zero-order chi connectivity index (χ0) is 11.4. The maximum absolute atomic E-state index is 6.46. The van der Waals surface area contributed by atoms with Gasteiger partial charge < -0.3 is 5.73 Å². The van der Waals surface area contributed by atoms with Gasteiger partial charge in [-0.25, -0.2) is 0 Å². The molecule has 0 spiro atoms. The van der Waals surface area contributed by atoms with Crippen molar-refractivity contribution >= 4 is 0 Å². The Kier molecular flexibility index (Phi) is 2.54. The van der Waals surface area contributed by atoms with E-state index in [1.165, 1.54) is 25.7 Å². The fourth-order valence-corrected chi connectivity index (χ4v) is 5.80. The lowest BCUT2D eigenvalue weighted by Crippen LogP contribution is -2.48. The van der Waals surface area contributed by atoms with Crippen LogP contribution in [0.4, 0.5) is 0 Å². The molecule has 2 N–H and O–H groups in total. The van der Waals surface area contributed by atoms with Crippen molar-refractivity contribution in [2.24, 2.45) is 41.2 Å². The second-order valence-electron chi connectivity index (χ2n) is 7.69. The van der Waals surface area contributed by atoms with Crippen LogP contribution in [0, 0.1) is 35.5 Å². The minimum atomic E-state index is 0.547. The van der Waals surface area contributed by atoms with Crippen molar-refractivity contribution in [2.75, 3.05) is 0 Å². The van der Waals surface area contributed by atoms with E-state index in [4.69, 9.17) is 5.73 Å². The summed E-state index contributed by atoms with van der Waals surface area (Å²) in [6, 6.07) is 0.547. The summed E-state index contributed by atoms with van der Waals surface area (Å²) >= 11 is 0. The maximum atomic E-state index is 6.46. The van der Waals surface area contributed by atoms with Crippen LogP contribution in [0.15, 0.2) is 0 Å². The minimum absolute atomic E-state index is 0.547. The Bertz CT molecular complexity index is 266. The molecule has 17 heavy (non-hydrogen) atoms. The van der Waals surface area contributed by atoms with Crippen molar-refractivity contribution in [3.63, 3.8) is 0 Å². The van der Waals surface area contributed by atoms with Crippen molar-refractivity contribution in [3.8, 4) is 0 Å². The van der Waals surface area contributed by atoms with Crippen molar-refractivity contribution in [2.45, 2.75) is 63.8 Å². The molecule has 0 amide bonds. The molecule has 1 unspecified atom stereocenters. The Labute approximate surface area is 106 Å². The number of nitrogens with two attached hydrogens (primary N) is 1. The maximum Gasteiger partial charge on any atom is 0.00700 e. The van der Waals surface area contributed by atoms with Gasteiger partial charge in [-0.05, 0) is 86.9 Å². The highest BCUT2D eigenvalue weighted by molar-refractivity contribution is 4.99. The molecule has 4 bridgehead atoms. The van der Waals surface area contributed by atoms with E-state index in [0.717, 1.165) is 35.5 Å². The quantitative estimate of drug-likeness (QED) is 0.792. The van der Waals surface area contributed by atoms with Crippen LogP contribution in [0.3, 0.4) is 0 Å². The second-order valence-corrected chi connectivity index (χ2v) is 7.69. The molecule has 1 atom stereocenters. The highest BCUT2D eigenvalue weighted by Crippen LogP contribution is 2.57. The van der Waals surface area contributed by atoms with E-state index in [1.54, 1.807) is 32.1 Å². The molecule has 0 heterocycles. The summed E-state index contributed by atoms with van der Waals surface area (Å²) in [7, 11) is 0. The lowest BCUT2D eigenvalue weighted by atomic mass is 9.50. The monoisotopic (exact) mass is 233 g/mol. The number of rotatable bonds is 3.